The first kappa shape index (κ1) is 18.3. The van der Waals surface area contributed by atoms with Crippen molar-refractivity contribution < 1.29 is 9.59 Å². The van der Waals surface area contributed by atoms with Gasteiger partial charge in [-0.15, -0.1) is 0 Å². The van der Waals surface area contributed by atoms with E-state index in [-0.39, 0.29) is 18.4 Å². The third-order valence-electron chi connectivity index (χ3n) is 4.81. The largest absolute Gasteiger partial charge is 0.358 e. The molecule has 0 fully saturated rings. The van der Waals surface area contributed by atoms with E-state index in [0.29, 0.717) is 23.7 Å². The predicted molar refractivity (Wildman–Crippen MR) is 114 cm³/mol. The Bertz CT molecular complexity index is 1050. The van der Waals surface area contributed by atoms with Crippen molar-refractivity contribution in [3.63, 3.8) is 0 Å². The lowest BCUT2D eigenvalue weighted by Crippen LogP contribution is -2.42. The molecule has 1 aromatic heterocycles. The number of nitrogens with zero attached hydrogens (tertiary/aromatic N) is 1. The van der Waals surface area contributed by atoms with Crippen LogP contribution in [0, 0.1) is 3.57 Å². The van der Waals surface area contributed by atoms with Gasteiger partial charge < -0.3 is 15.2 Å². The fraction of sp³-hybridized carbons (Fsp3) is 0.200. The molecule has 0 saturated carbocycles. The van der Waals surface area contributed by atoms with E-state index in [9.17, 15) is 9.59 Å². The van der Waals surface area contributed by atoms with Crippen molar-refractivity contribution in [2.45, 2.75) is 13.0 Å². The first-order valence-electron chi connectivity index (χ1n) is 8.62. The van der Waals surface area contributed by atoms with Crippen molar-refractivity contribution in [2.75, 3.05) is 13.1 Å². The van der Waals surface area contributed by atoms with Gasteiger partial charge in [-0.3, -0.25) is 9.59 Å². The van der Waals surface area contributed by atoms with Crippen molar-refractivity contribution in [2.24, 2.45) is 0 Å². The third kappa shape index (κ3) is 3.68. The van der Waals surface area contributed by atoms with Gasteiger partial charge >= 0.3 is 0 Å². The number of nitrogens with one attached hydrogen (secondary N) is 2. The van der Waals surface area contributed by atoms with E-state index >= 15 is 0 Å². The maximum atomic E-state index is 12.6. The number of rotatable bonds is 3. The normalized spacial score (nSPS) is 13.5. The predicted octanol–water partition coefficient (Wildman–Crippen LogP) is 3.74. The van der Waals surface area contributed by atoms with E-state index in [1.807, 2.05) is 36.4 Å². The van der Waals surface area contributed by atoms with Crippen molar-refractivity contribution in [1.29, 1.82) is 0 Å². The fourth-order valence-electron chi connectivity index (χ4n) is 3.41. The minimum absolute atomic E-state index is 0.0117. The van der Waals surface area contributed by atoms with Crippen LogP contribution in [0.25, 0.3) is 10.9 Å². The summed E-state index contributed by atoms with van der Waals surface area (Å²) >= 11 is 8.25. The van der Waals surface area contributed by atoms with E-state index in [1.165, 1.54) is 0 Å². The molecule has 27 heavy (non-hydrogen) atoms. The van der Waals surface area contributed by atoms with Crippen LogP contribution in [-0.4, -0.2) is 34.8 Å². The maximum Gasteiger partial charge on any atom is 0.252 e. The molecule has 1 aliphatic heterocycles. The minimum atomic E-state index is -0.232. The summed E-state index contributed by atoms with van der Waals surface area (Å²) in [6.45, 7) is 1.14. The van der Waals surface area contributed by atoms with Gasteiger partial charge in [-0.05, 0) is 52.9 Å². The molecule has 0 atom stereocenters. The zero-order valence-electron chi connectivity index (χ0n) is 14.4. The Labute approximate surface area is 175 Å². The maximum absolute atomic E-state index is 12.6. The van der Waals surface area contributed by atoms with Crippen LogP contribution in [0.1, 0.15) is 21.6 Å². The van der Waals surface area contributed by atoms with Crippen LogP contribution < -0.4 is 5.32 Å². The number of hydrogen-bond donors (Lipinski definition) is 2. The van der Waals surface area contributed by atoms with Crippen molar-refractivity contribution in [1.82, 2.24) is 15.2 Å². The second kappa shape index (κ2) is 7.52. The molecule has 2 amide bonds. The number of benzene rings is 2. The van der Waals surface area contributed by atoms with Crippen molar-refractivity contribution in [3.8, 4) is 0 Å². The lowest BCUT2D eigenvalue weighted by atomic mass is 10.0. The van der Waals surface area contributed by atoms with Crippen LogP contribution in [-0.2, 0) is 17.8 Å². The second-order valence-electron chi connectivity index (χ2n) is 6.50. The Hall–Kier alpha value is -2.06. The van der Waals surface area contributed by atoms with Crippen LogP contribution in [0.4, 0.5) is 0 Å². The van der Waals surface area contributed by atoms with Gasteiger partial charge in [-0.25, -0.2) is 0 Å². The molecule has 0 spiro atoms. The molecule has 2 heterocycles. The summed E-state index contributed by atoms with van der Waals surface area (Å²) in [6.07, 6.45) is 0.762. The smallest absolute Gasteiger partial charge is 0.252 e. The lowest BCUT2D eigenvalue weighted by molar-refractivity contribution is -0.131. The van der Waals surface area contributed by atoms with Crippen LogP contribution >= 0.6 is 34.2 Å². The molecule has 0 radical (unpaired) electrons. The highest BCUT2D eigenvalue weighted by Crippen LogP contribution is 2.29. The van der Waals surface area contributed by atoms with Gasteiger partial charge in [0.25, 0.3) is 5.91 Å². The average molecular weight is 494 g/mol. The summed E-state index contributed by atoms with van der Waals surface area (Å²) in [5.41, 5.74) is 3.87. The highest BCUT2D eigenvalue weighted by atomic mass is 127. The molecule has 4 rings (SSSR count). The molecular formula is C20H17ClIN3O2. The van der Waals surface area contributed by atoms with Crippen LogP contribution in [0.5, 0.6) is 0 Å². The van der Waals surface area contributed by atoms with Gasteiger partial charge in [-0.2, -0.15) is 0 Å². The van der Waals surface area contributed by atoms with E-state index in [1.54, 1.807) is 11.0 Å². The van der Waals surface area contributed by atoms with Gasteiger partial charge in [0.05, 0.1) is 12.1 Å². The standard InChI is InChI=1S/C20H17ClIN3O2/c21-12-5-6-17-14(9-12)15-11-25(8-7-18(15)24-17)19(26)10-23-20(27)13-3-1-2-4-16(13)22/h1-6,9,24H,7-8,10-11H2,(H,23,27). The Morgan fingerprint density at radius 3 is 2.85 bits per heavy atom. The number of carbonyl (C=O) groups is 2. The molecule has 2 aromatic carbocycles. The Morgan fingerprint density at radius 2 is 2.04 bits per heavy atom. The summed E-state index contributed by atoms with van der Waals surface area (Å²) in [5.74, 6) is -0.318. The Kier molecular flexibility index (Phi) is 5.10. The average Bonchev–Trinajstić information content (AvgIpc) is 3.03. The second-order valence-corrected chi connectivity index (χ2v) is 8.10. The van der Waals surface area contributed by atoms with Gasteiger partial charge in [0.2, 0.25) is 5.91 Å². The van der Waals surface area contributed by atoms with E-state index < -0.39 is 0 Å². The third-order valence-corrected chi connectivity index (χ3v) is 5.98. The number of hydrogen-bond acceptors (Lipinski definition) is 2. The summed E-state index contributed by atoms with van der Waals surface area (Å²) in [6, 6.07) is 13.1. The number of amides is 2. The van der Waals surface area contributed by atoms with Crippen LogP contribution in [0.2, 0.25) is 5.02 Å². The van der Waals surface area contributed by atoms with Gasteiger partial charge in [0.15, 0.2) is 0 Å². The molecule has 5 nitrogen and oxygen atoms in total. The number of halogens is 2. The first-order valence-corrected chi connectivity index (χ1v) is 10.1. The van der Waals surface area contributed by atoms with Gasteiger partial charge in [0, 0.05) is 50.3 Å². The summed E-state index contributed by atoms with van der Waals surface area (Å²) in [5, 5.41) is 4.47. The van der Waals surface area contributed by atoms with Crippen molar-refractivity contribution >= 4 is 56.9 Å². The van der Waals surface area contributed by atoms with E-state index in [0.717, 1.165) is 32.2 Å². The van der Waals surface area contributed by atoms with E-state index in [4.69, 9.17) is 11.6 Å². The molecular weight excluding hydrogens is 477 g/mol. The summed E-state index contributed by atoms with van der Waals surface area (Å²) in [4.78, 5) is 30.1. The summed E-state index contributed by atoms with van der Waals surface area (Å²) in [7, 11) is 0. The number of carbonyl (C=O) groups excluding carboxylic acids is 2. The topological polar surface area (TPSA) is 65.2 Å². The molecule has 1 aliphatic rings. The number of aromatic amines is 1. The molecule has 3 aromatic rings. The molecule has 0 aliphatic carbocycles. The van der Waals surface area contributed by atoms with Crippen molar-refractivity contribution in [3.05, 3.63) is 67.9 Å². The molecule has 0 bridgehead atoms. The van der Waals surface area contributed by atoms with Gasteiger partial charge in [-0.1, -0.05) is 23.7 Å². The number of aromatic nitrogens is 1. The molecule has 2 N–H and O–H groups in total. The Morgan fingerprint density at radius 1 is 1.22 bits per heavy atom. The fourth-order valence-corrected chi connectivity index (χ4v) is 4.21. The zero-order chi connectivity index (χ0) is 19.0. The molecule has 138 valence electrons. The van der Waals surface area contributed by atoms with Crippen LogP contribution in [0.3, 0.4) is 0 Å². The lowest BCUT2D eigenvalue weighted by Gasteiger charge is -2.27. The molecule has 7 heteroatoms. The summed E-state index contributed by atoms with van der Waals surface area (Å²) < 4.78 is 0.860. The van der Waals surface area contributed by atoms with Crippen LogP contribution in [0.15, 0.2) is 42.5 Å². The molecule has 0 unspecified atom stereocenters. The number of fused-ring (bicyclic) bond motifs is 3. The number of H-pyrrole nitrogens is 1. The Balaban J connectivity index is 1.45. The zero-order valence-corrected chi connectivity index (χ0v) is 17.3. The minimum Gasteiger partial charge on any atom is -0.358 e. The van der Waals surface area contributed by atoms with Gasteiger partial charge in [0.1, 0.15) is 0 Å². The first-order chi connectivity index (χ1) is 13.0. The highest BCUT2D eigenvalue weighted by molar-refractivity contribution is 14.1. The van der Waals surface area contributed by atoms with E-state index in [2.05, 4.69) is 32.9 Å². The quantitative estimate of drug-likeness (QED) is 0.546. The molecule has 0 saturated heterocycles. The highest BCUT2D eigenvalue weighted by Gasteiger charge is 2.24. The SMILES string of the molecule is O=C(NCC(=O)N1CCc2[nH]c3ccc(Cl)cc3c2C1)c1ccccc1I. The monoisotopic (exact) mass is 493 g/mol.